The lowest BCUT2D eigenvalue weighted by molar-refractivity contribution is -0.305. The van der Waals surface area contributed by atoms with Crippen LogP contribution < -0.4 is 5.32 Å². The summed E-state index contributed by atoms with van der Waals surface area (Å²) < 4.78 is 17.4. The summed E-state index contributed by atoms with van der Waals surface area (Å²) in [6.07, 6.45) is 42.3. The number of aliphatic hydroxyl groups excluding tert-OH is 5. The first kappa shape index (κ1) is 59.9. The first-order valence-corrected chi connectivity index (χ1v) is 25.4. The number of hydrogen-bond donors (Lipinski definition) is 6. The van der Waals surface area contributed by atoms with E-state index in [9.17, 15) is 35.1 Å². The molecule has 0 bridgehead atoms. The number of rotatable bonds is 40. The van der Waals surface area contributed by atoms with Crippen molar-refractivity contribution < 1.29 is 49.3 Å². The molecule has 8 unspecified atom stereocenters. The van der Waals surface area contributed by atoms with E-state index in [0.29, 0.717) is 19.3 Å². The highest BCUT2D eigenvalue weighted by atomic mass is 16.7. The molecule has 65 heavy (non-hydrogen) atoms. The number of esters is 1. The molecule has 1 saturated heterocycles. The summed E-state index contributed by atoms with van der Waals surface area (Å²) in [5, 5.41) is 56.4. The van der Waals surface area contributed by atoms with Crippen molar-refractivity contribution in [2.75, 3.05) is 13.2 Å². The zero-order valence-corrected chi connectivity index (χ0v) is 40.6. The molecule has 1 aliphatic heterocycles. The molecule has 0 radical (unpaired) electrons. The maximum Gasteiger partial charge on any atom is 0.306 e. The highest BCUT2D eigenvalue weighted by Gasteiger charge is 2.47. The molecule has 0 aromatic heterocycles. The minimum atomic E-state index is -1.65. The van der Waals surface area contributed by atoms with Gasteiger partial charge in [0.25, 0.3) is 0 Å². The van der Waals surface area contributed by atoms with Gasteiger partial charge in [-0.3, -0.25) is 9.59 Å². The highest BCUT2D eigenvalue weighted by Crippen LogP contribution is 2.26. The van der Waals surface area contributed by atoms with Gasteiger partial charge in [-0.15, -0.1) is 0 Å². The molecule has 11 nitrogen and oxygen atoms in total. The normalized spacial score (nSPS) is 21.0. The summed E-state index contributed by atoms with van der Waals surface area (Å²) >= 11 is 0. The number of amides is 1. The van der Waals surface area contributed by atoms with Gasteiger partial charge in [-0.2, -0.15) is 0 Å². The fourth-order valence-corrected chi connectivity index (χ4v) is 7.31. The van der Waals surface area contributed by atoms with Crippen molar-refractivity contribution >= 4 is 11.9 Å². The smallest absolute Gasteiger partial charge is 0.306 e. The van der Waals surface area contributed by atoms with Gasteiger partial charge in [0.1, 0.15) is 24.4 Å². The van der Waals surface area contributed by atoms with Crippen LogP contribution in [0.2, 0.25) is 0 Å². The second-order valence-electron chi connectivity index (χ2n) is 17.3. The lowest BCUT2D eigenvalue weighted by atomic mass is 9.99. The van der Waals surface area contributed by atoms with E-state index in [2.05, 4.69) is 44.3 Å². The maximum atomic E-state index is 13.3. The second kappa shape index (κ2) is 42.2. The van der Waals surface area contributed by atoms with Gasteiger partial charge >= 0.3 is 5.97 Å². The fourth-order valence-electron chi connectivity index (χ4n) is 7.31. The highest BCUT2D eigenvalue weighted by molar-refractivity contribution is 5.80. The van der Waals surface area contributed by atoms with Crippen molar-refractivity contribution in [3.05, 3.63) is 85.1 Å². The van der Waals surface area contributed by atoms with Crippen molar-refractivity contribution in [3.63, 3.8) is 0 Å². The van der Waals surface area contributed by atoms with E-state index in [0.717, 1.165) is 64.2 Å². The first-order valence-electron chi connectivity index (χ1n) is 25.4. The molecule has 1 amide bonds. The molecule has 6 N–H and O–H groups in total. The van der Waals surface area contributed by atoms with Crippen LogP contribution in [0, 0.1) is 0 Å². The van der Waals surface area contributed by atoms with Crippen LogP contribution in [0.15, 0.2) is 85.1 Å². The van der Waals surface area contributed by atoms with E-state index in [4.69, 9.17) is 14.2 Å². The molecule has 0 aromatic carbocycles. The molecule has 0 aliphatic carbocycles. The lowest BCUT2D eigenvalue weighted by Gasteiger charge is -2.41. The fraction of sp³-hybridized carbons (Fsp3) is 0.704. The van der Waals surface area contributed by atoms with Gasteiger partial charge in [-0.05, 0) is 57.8 Å². The summed E-state index contributed by atoms with van der Waals surface area (Å²) in [7, 11) is 0. The molecular formula is C54H91NO10. The van der Waals surface area contributed by atoms with Gasteiger partial charge in [0.05, 0.1) is 25.4 Å². The third-order valence-electron chi connectivity index (χ3n) is 11.4. The van der Waals surface area contributed by atoms with Crippen LogP contribution in [-0.4, -0.2) is 99.6 Å². The summed E-state index contributed by atoms with van der Waals surface area (Å²) in [5.41, 5.74) is 0. The van der Waals surface area contributed by atoms with Crippen LogP contribution in [0.4, 0.5) is 0 Å². The molecular weight excluding hydrogens is 823 g/mol. The van der Waals surface area contributed by atoms with Gasteiger partial charge in [0.15, 0.2) is 12.4 Å². The van der Waals surface area contributed by atoms with E-state index >= 15 is 0 Å². The van der Waals surface area contributed by atoms with E-state index in [1.165, 1.54) is 64.2 Å². The Morgan fingerprint density at radius 2 is 1.14 bits per heavy atom. The largest absolute Gasteiger partial charge is 0.454 e. The predicted octanol–water partition coefficient (Wildman–Crippen LogP) is 10.3. The van der Waals surface area contributed by atoms with E-state index in [-0.39, 0.29) is 19.4 Å². The Hall–Kier alpha value is -3.16. The van der Waals surface area contributed by atoms with Gasteiger partial charge in [-0.1, -0.05) is 202 Å². The maximum absolute atomic E-state index is 13.3. The van der Waals surface area contributed by atoms with Crippen LogP contribution in [-0.2, 0) is 23.8 Å². The van der Waals surface area contributed by atoms with Gasteiger partial charge < -0.3 is 45.1 Å². The Bertz CT molecular complexity index is 1370. The van der Waals surface area contributed by atoms with Gasteiger partial charge in [-0.25, -0.2) is 0 Å². The lowest BCUT2D eigenvalue weighted by Crippen LogP contribution is -2.61. The van der Waals surface area contributed by atoms with Crippen LogP contribution in [0.25, 0.3) is 0 Å². The summed E-state index contributed by atoms with van der Waals surface area (Å²) in [6.45, 7) is 5.50. The number of aliphatic hydroxyl groups is 5. The Morgan fingerprint density at radius 3 is 1.74 bits per heavy atom. The standard InChI is InChI=1S/C54H91NO10/c1-4-7-10-13-16-19-22-24-26-29-31-34-37-40-46(57)45(55-53(62)47(58)41-38-35-32-28-21-18-15-12-9-6-3)44-63-54-52(51(61)50(60)48(43-56)64-54)65-49(59)42-39-36-33-30-27-25-23-20-17-14-11-8-5-2/h8,11,14-15,17-18,20,23,25,27,30,33,37,40,45-48,50-52,54,56-58,60-61H,4-7,9-10,12-13,16,19,21-22,24,26,28-29,31-32,34-36,38-39,41-44H2,1-3H3,(H,55,62)/b11-8+,17-14+,18-15-,23-20-,27-25-,33-30+,40-37+. The van der Waals surface area contributed by atoms with Gasteiger partial charge in [0, 0.05) is 6.42 Å². The molecule has 0 aromatic rings. The van der Waals surface area contributed by atoms with Crippen LogP contribution >= 0.6 is 0 Å². The van der Waals surface area contributed by atoms with Crippen LogP contribution in [0.3, 0.4) is 0 Å². The van der Waals surface area contributed by atoms with Crippen molar-refractivity contribution in [3.8, 4) is 0 Å². The topological polar surface area (TPSA) is 175 Å². The Morgan fingerprint density at radius 1 is 0.615 bits per heavy atom. The molecule has 0 saturated carbocycles. The molecule has 1 aliphatic rings. The summed E-state index contributed by atoms with van der Waals surface area (Å²) in [4.78, 5) is 26.2. The number of carbonyl (C=O) groups excluding carboxylic acids is 2. The zero-order chi connectivity index (χ0) is 47.6. The minimum absolute atomic E-state index is 0.0226. The quantitative estimate of drug-likeness (QED) is 0.0150. The monoisotopic (exact) mass is 914 g/mol. The molecule has 1 fully saturated rings. The predicted molar refractivity (Wildman–Crippen MR) is 264 cm³/mol. The van der Waals surface area contributed by atoms with Crippen molar-refractivity contribution in [2.45, 2.75) is 230 Å². The number of unbranched alkanes of at least 4 members (excludes halogenated alkanes) is 18. The molecule has 11 heteroatoms. The van der Waals surface area contributed by atoms with Crippen molar-refractivity contribution in [1.82, 2.24) is 5.32 Å². The number of ether oxygens (including phenoxy) is 3. The third kappa shape index (κ3) is 31.4. The summed E-state index contributed by atoms with van der Waals surface area (Å²) in [5.74, 6) is -1.29. The minimum Gasteiger partial charge on any atom is -0.454 e. The van der Waals surface area contributed by atoms with Gasteiger partial charge in [0.2, 0.25) is 5.91 Å². The molecule has 1 rings (SSSR count). The third-order valence-corrected chi connectivity index (χ3v) is 11.4. The molecule has 372 valence electrons. The number of nitrogens with one attached hydrogen (secondary N) is 1. The van der Waals surface area contributed by atoms with Crippen molar-refractivity contribution in [2.24, 2.45) is 0 Å². The van der Waals surface area contributed by atoms with E-state index in [1.54, 1.807) is 6.08 Å². The number of carbonyl (C=O) groups is 2. The average Bonchev–Trinajstić information content (AvgIpc) is 3.30. The van der Waals surface area contributed by atoms with Crippen molar-refractivity contribution in [1.29, 1.82) is 0 Å². The van der Waals surface area contributed by atoms with Crippen LogP contribution in [0.5, 0.6) is 0 Å². The summed E-state index contributed by atoms with van der Waals surface area (Å²) in [6, 6.07) is -1.04. The Kier molecular flexibility index (Phi) is 38.9. The number of allylic oxidation sites excluding steroid dienone is 13. The first-order chi connectivity index (χ1) is 31.7. The Labute approximate surface area is 393 Å². The molecule has 8 atom stereocenters. The van der Waals surface area contributed by atoms with E-state index < -0.39 is 67.4 Å². The van der Waals surface area contributed by atoms with Crippen LogP contribution in [0.1, 0.15) is 181 Å². The molecule has 1 heterocycles. The average molecular weight is 914 g/mol. The zero-order valence-electron chi connectivity index (χ0n) is 40.6. The second-order valence-corrected chi connectivity index (χ2v) is 17.3. The van der Waals surface area contributed by atoms with E-state index in [1.807, 2.05) is 60.8 Å². The SMILES string of the molecule is CC/C=C/C=C/C=C\C=C/C=C/CCCC(=O)OC1C(OCC(NC(=O)C(O)CCCCCC/C=C\CCCC)C(O)/C=C/CCCCCCCCCCCCC)OC(CO)C(O)C1O. The Balaban J connectivity index is 2.86. The number of hydrogen-bond acceptors (Lipinski definition) is 10. The molecule has 0 spiro atoms.